The number of ether oxygens (including phenoxy) is 2. The molecule has 8 nitrogen and oxygen atoms in total. The van der Waals surface area contributed by atoms with Crippen molar-refractivity contribution in [1.29, 1.82) is 0 Å². The van der Waals surface area contributed by atoms with Crippen LogP contribution in [0.3, 0.4) is 0 Å². The number of thiazole rings is 1. The second-order valence-corrected chi connectivity index (χ2v) is 10.9. The largest absolute Gasteiger partial charge is 0.507 e. The highest BCUT2D eigenvalue weighted by atomic mass is 32.1. The van der Waals surface area contributed by atoms with E-state index in [9.17, 15) is 19.5 Å². The maximum Gasteiger partial charge on any atom is 0.350 e. The number of Topliss-reactive ketones (excluding diaryl/α,β-unsaturated/α-hetero) is 1. The van der Waals surface area contributed by atoms with Gasteiger partial charge >= 0.3 is 11.9 Å². The van der Waals surface area contributed by atoms with Gasteiger partial charge in [-0.15, -0.1) is 0 Å². The minimum Gasteiger partial charge on any atom is -0.507 e. The van der Waals surface area contributed by atoms with Crippen molar-refractivity contribution in [3.05, 3.63) is 117 Å². The van der Waals surface area contributed by atoms with Gasteiger partial charge in [0.2, 0.25) is 0 Å². The summed E-state index contributed by atoms with van der Waals surface area (Å²) >= 11 is 0.976. The third-order valence-corrected chi connectivity index (χ3v) is 8.11. The molecule has 1 aliphatic rings. The highest BCUT2D eigenvalue weighted by Gasteiger charge is 2.48. The highest BCUT2D eigenvalue weighted by Crippen LogP contribution is 2.44. The minimum atomic E-state index is -0.958. The van der Waals surface area contributed by atoms with E-state index in [2.05, 4.69) is 4.98 Å². The molecule has 1 fully saturated rings. The first-order valence-electron chi connectivity index (χ1n) is 13.5. The standard InChI is InChI=1S/C33H30N2O6S/c1-5-40-32(39)30-21(4)34-33(42-30)35-27(23-13-11-19(2)12-14-23)26(29(37)31(35)38)28(36)24-15-16-25(20(3)17-24)41-18-22-9-7-6-8-10-22/h6-17,27,36H,5,18H2,1-4H3/t27-/m0/s1. The number of aryl methyl sites for hydroxylation is 3. The third kappa shape index (κ3) is 5.56. The van der Waals surface area contributed by atoms with Crippen molar-refractivity contribution < 1.29 is 29.0 Å². The lowest BCUT2D eigenvalue weighted by molar-refractivity contribution is -0.132. The molecule has 1 aromatic heterocycles. The molecule has 3 aromatic carbocycles. The second kappa shape index (κ2) is 12.0. The van der Waals surface area contributed by atoms with Crippen LogP contribution >= 0.6 is 11.3 Å². The normalized spacial score (nSPS) is 16.1. The molecule has 2 heterocycles. The summed E-state index contributed by atoms with van der Waals surface area (Å²) in [6.45, 7) is 7.70. The monoisotopic (exact) mass is 582 g/mol. The number of ketones is 1. The Morgan fingerprint density at radius 1 is 1.00 bits per heavy atom. The molecule has 214 valence electrons. The van der Waals surface area contributed by atoms with Crippen molar-refractivity contribution in [2.75, 3.05) is 11.5 Å². The van der Waals surface area contributed by atoms with E-state index in [-0.39, 0.29) is 27.9 Å². The van der Waals surface area contributed by atoms with Crippen LogP contribution in [-0.4, -0.2) is 34.4 Å². The van der Waals surface area contributed by atoms with Crippen LogP contribution in [-0.2, 0) is 20.9 Å². The van der Waals surface area contributed by atoms with Crippen molar-refractivity contribution >= 4 is 39.9 Å². The maximum absolute atomic E-state index is 13.5. The fourth-order valence-electron chi connectivity index (χ4n) is 4.81. The predicted molar refractivity (Wildman–Crippen MR) is 161 cm³/mol. The number of hydrogen-bond acceptors (Lipinski definition) is 8. The summed E-state index contributed by atoms with van der Waals surface area (Å²) in [5, 5.41) is 11.7. The van der Waals surface area contributed by atoms with Gasteiger partial charge in [0.15, 0.2) is 5.13 Å². The van der Waals surface area contributed by atoms with Crippen molar-refractivity contribution in [3.63, 3.8) is 0 Å². The molecule has 0 unspecified atom stereocenters. The Kier molecular flexibility index (Phi) is 8.22. The van der Waals surface area contributed by atoms with Gasteiger partial charge in [-0.2, -0.15) is 0 Å². The first kappa shape index (κ1) is 28.8. The topological polar surface area (TPSA) is 106 Å². The second-order valence-electron chi connectivity index (χ2n) is 9.97. The summed E-state index contributed by atoms with van der Waals surface area (Å²) in [5.74, 6) is -1.91. The number of benzene rings is 3. The number of hydrogen-bond donors (Lipinski definition) is 1. The van der Waals surface area contributed by atoms with E-state index in [1.54, 1.807) is 32.0 Å². The van der Waals surface area contributed by atoms with Gasteiger partial charge < -0.3 is 14.6 Å². The zero-order valence-corrected chi connectivity index (χ0v) is 24.5. The molecular formula is C33H30N2O6S. The molecule has 1 saturated heterocycles. The number of nitrogens with zero attached hydrogens (tertiary/aromatic N) is 2. The number of anilines is 1. The average Bonchev–Trinajstić information content (AvgIpc) is 3.49. The Morgan fingerprint density at radius 3 is 2.38 bits per heavy atom. The number of aliphatic hydroxyl groups is 1. The number of amides is 1. The van der Waals surface area contributed by atoms with Gasteiger partial charge in [-0.3, -0.25) is 14.5 Å². The predicted octanol–water partition coefficient (Wildman–Crippen LogP) is 6.45. The number of carbonyl (C=O) groups excluding carboxylic acids is 3. The van der Waals surface area contributed by atoms with Crippen LogP contribution in [0.1, 0.15) is 56.1 Å². The van der Waals surface area contributed by atoms with E-state index < -0.39 is 23.7 Å². The molecule has 1 N–H and O–H groups in total. The molecule has 1 aliphatic heterocycles. The van der Waals surface area contributed by atoms with Crippen molar-refractivity contribution in [3.8, 4) is 5.75 Å². The van der Waals surface area contributed by atoms with Crippen LogP contribution in [0.25, 0.3) is 5.76 Å². The lowest BCUT2D eigenvalue weighted by Crippen LogP contribution is -2.29. The Morgan fingerprint density at radius 2 is 1.71 bits per heavy atom. The number of aliphatic hydroxyl groups excluding tert-OH is 1. The molecule has 0 bridgehead atoms. The number of carbonyl (C=O) groups is 3. The lowest BCUT2D eigenvalue weighted by atomic mass is 9.94. The number of rotatable bonds is 8. The summed E-state index contributed by atoms with van der Waals surface area (Å²) in [5.41, 5.74) is 4.08. The van der Waals surface area contributed by atoms with Gasteiger partial charge in [-0.1, -0.05) is 71.5 Å². The molecule has 42 heavy (non-hydrogen) atoms. The van der Waals surface area contributed by atoms with Crippen LogP contribution in [0.2, 0.25) is 0 Å². The van der Waals surface area contributed by atoms with Gasteiger partial charge in [0.1, 0.15) is 23.0 Å². The van der Waals surface area contributed by atoms with Gasteiger partial charge in [0.05, 0.1) is 23.9 Å². The molecule has 0 radical (unpaired) electrons. The molecule has 0 spiro atoms. The summed E-state index contributed by atoms with van der Waals surface area (Å²) in [6.07, 6.45) is 0. The Bertz CT molecular complexity index is 1690. The quantitative estimate of drug-likeness (QED) is 0.110. The Labute approximate surface area is 247 Å². The van der Waals surface area contributed by atoms with Crippen LogP contribution in [0.4, 0.5) is 5.13 Å². The first-order valence-corrected chi connectivity index (χ1v) is 14.3. The number of aromatic nitrogens is 1. The van der Waals surface area contributed by atoms with Crippen LogP contribution in [0.5, 0.6) is 5.75 Å². The molecule has 1 amide bonds. The molecule has 0 saturated carbocycles. The summed E-state index contributed by atoms with van der Waals surface area (Å²) < 4.78 is 11.1. The number of esters is 1. The van der Waals surface area contributed by atoms with E-state index >= 15 is 0 Å². The van der Waals surface area contributed by atoms with E-state index in [0.717, 1.165) is 28.0 Å². The van der Waals surface area contributed by atoms with Gasteiger partial charge in [0, 0.05) is 5.56 Å². The minimum absolute atomic E-state index is 0.0632. The molecule has 4 aromatic rings. The molecular weight excluding hydrogens is 552 g/mol. The van der Waals surface area contributed by atoms with Crippen LogP contribution < -0.4 is 9.64 Å². The summed E-state index contributed by atoms with van der Waals surface area (Å²) in [7, 11) is 0. The van der Waals surface area contributed by atoms with E-state index in [1.807, 2.05) is 68.4 Å². The van der Waals surface area contributed by atoms with E-state index in [0.29, 0.717) is 29.2 Å². The zero-order valence-electron chi connectivity index (χ0n) is 23.7. The summed E-state index contributed by atoms with van der Waals surface area (Å²) in [6, 6.07) is 21.3. The zero-order chi connectivity index (χ0) is 30.0. The SMILES string of the molecule is CCOC(=O)c1sc(N2C(=O)C(=O)C(=C(O)c3ccc(OCc4ccccc4)c(C)c3)[C@@H]2c2ccc(C)cc2)nc1C. The smallest absolute Gasteiger partial charge is 0.350 e. The fourth-order valence-corrected chi connectivity index (χ4v) is 5.80. The van der Waals surface area contributed by atoms with Gasteiger partial charge in [-0.25, -0.2) is 9.78 Å². The Hall–Kier alpha value is -4.76. The van der Waals surface area contributed by atoms with E-state index in [4.69, 9.17) is 9.47 Å². The van der Waals surface area contributed by atoms with Crippen LogP contribution in [0.15, 0.2) is 78.4 Å². The molecule has 5 rings (SSSR count). The van der Waals surface area contributed by atoms with E-state index in [1.165, 1.54) is 4.90 Å². The van der Waals surface area contributed by atoms with Crippen LogP contribution in [0, 0.1) is 20.8 Å². The fraction of sp³-hybridized carbons (Fsp3) is 0.212. The molecule has 0 aliphatic carbocycles. The lowest BCUT2D eigenvalue weighted by Gasteiger charge is -2.23. The molecule has 9 heteroatoms. The van der Waals surface area contributed by atoms with Gasteiger partial charge in [-0.05, 0) is 62.6 Å². The van der Waals surface area contributed by atoms with Crippen molar-refractivity contribution in [2.45, 2.75) is 40.3 Å². The summed E-state index contributed by atoms with van der Waals surface area (Å²) in [4.78, 5) is 45.5. The van der Waals surface area contributed by atoms with Crippen molar-refractivity contribution in [2.24, 2.45) is 0 Å². The third-order valence-electron chi connectivity index (χ3n) is 6.98. The molecule has 1 atom stereocenters. The first-order chi connectivity index (χ1) is 20.2. The highest BCUT2D eigenvalue weighted by molar-refractivity contribution is 7.17. The average molecular weight is 583 g/mol. The maximum atomic E-state index is 13.5. The van der Waals surface area contributed by atoms with Crippen molar-refractivity contribution in [1.82, 2.24) is 4.98 Å². The van der Waals surface area contributed by atoms with Gasteiger partial charge in [0.25, 0.3) is 5.78 Å². The Balaban J connectivity index is 1.56.